The average molecular weight is 1160 g/mol. The molecular weight excluding hydrogens is 1100 g/mol. The molecule has 5 heterocycles. The van der Waals surface area contributed by atoms with Gasteiger partial charge in [0.05, 0.1) is 39.1 Å². The molecule has 0 saturated heterocycles. The van der Waals surface area contributed by atoms with Gasteiger partial charge in [-0.15, -0.1) is 0 Å². The van der Waals surface area contributed by atoms with Crippen LogP contribution < -0.4 is 0 Å². The van der Waals surface area contributed by atoms with Gasteiger partial charge in [-0.05, 0) is 137 Å². The fourth-order valence-corrected chi connectivity index (χ4v) is 8.29. The minimum absolute atomic E-state index is 0.00304. The second-order valence-corrected chi connectivity index (χ2v) is 21.6. The van der Waals surface area contributed by atoms with Crippen LogP contribution >= 0.6 is 34.8 Å². The van der Waals surface area contributed by atoms with Gasteiger partial charge in [-0.25, -0.2) is 22.5 Å². The summed E-state index contributed by atoms with van der Waals surface area (Å²) in [4.78, 5) is 72.8. The number of benzene rings is 3. The summed E-state index contributed by atoms with van der Waals surface area (Å²) in [5, 5.41) is 1.01. The van der Waals surface area contributed by atoms with Gasteiger partial charge >= 0.3 is 0 Å². The van der Waals surface area contributed by atoms with Crippen LogP contribution in [-0.4, -0.2) is 53.0 Å². The van der Waals surface area contributed by atoms with Crippen LogP contribution in [0.3, 0.4) is 0 Å². The SMILES string of the molecule is CC(C)c1cc(CC(=O)c2ccc(Cl)cn2)ccc1F.CC(C)c1nc(CC(=O)c2ccc(Cl)cn2)ccc1F.Cc1ccc(C(=O)Cc2ccc(F)c(C(C)C)c2)nc1.Cc1cnc(C(=O)Cc2cc(Cl)c(F)c(C(C)C)c2)cn1. The monoisotopic (exact) mass is 1160 g/mol. The van der Waals surface area contributed by atoms with Crippen molar-refractivity contribution in [1.29, 1.82) is 0 Å². The normalized spacial score (nSPS) is 10.9. The van der Waals surface area contributed by atoms with Crippen molar-refractivity contribution in [3.05, 3.63) is 245 Å². The van der Waals surface area contributed by atoms with Crippen molar-refractivity contribution < 1.29 is 36.7 Å². The number of hydrogen-bond acceptors (Lipinski definition) is 10. The van der Waals surface area contributed by atoms with E-state index in [1.807, 2.05) is 68.4 Å². The van der Waals surface area contributed by atoms with Crippen molar-refractivity contribution in [3.8, 4) is 0 Å². The van der Waals surface area contributed by atoms with Gasteiger partial charge in [0.2, 0.25) is 0 Å². The summed E-state index contributed by atoms with van der Waals surface area (Å²) in [5.74, 6) is -1.56. The second kappa shape index (κ2) is 30.4. The zero-order chi connectivity index (χ0) is 59.7. The lowest BCUT2D eigenvalue weighted by atomic mass is 9.97. The smallest absolute Gasteiger partial charge is 0.187 e. The van der Waals surface area contributed by atoms with E-state index >= 15 is 0 Å². The number of Topliss-reactive ketones (excluding diaryl/α,β-unsaturated/α-hetero) is 4. The molecule has 10 nitrogen and oxygen atoms in total. The van der Waals surface area contributed by atoms with E-state index < -0.39 is 5.82 Å². The molecule has 0 radical (unpaired) electrons. The minimum atomic E-state index is -0.419. The molecule has 0 N–H and O–H groups in total. The third-order valence-electron chi connectivity index (χ3n) is 12.3. The zero-order valence-electron chi connectivity index (χ0n) is 46.7. The largest absolute Gasteiger partial charge is 0.292 e. The molecule has 422 valence electrons. The van der Waals surface area contributed by atoms with E-state index in [1.165, 1.54) is 48.9 Å². The molecule has 0 bridgehead atoms. The molecule has 8 aromatic rings. The molecule has 0 amide bonds. The second-order valence-electron chi connectivity index (χ2n) is 20.4. The average Bonchev–Trinajstić information content (AvgIpc) is 3.42. The fourth-order valence-electron chi connectivity index (χ4n) is 7.82. The highest BCUT2D eigenvalue weighted by Crippen LogP contribution is 2.28. The molecule has 17 heteroatoms. The van der Waals surface area contributed by atoms with Crippen molar-refractivity contribution in [1.82, 2.24) is 29.9 Å². The van der Waals surface area contributed by atoms with Gasteiger partial charge in [0.15, 0.2) is 23.1 Å². The van der Waals surface area contributed by atoms with Crippen LogP contribution in [0.15, 0.2) is 128 Å². The van der Waals surface area contributed by atoms with Crippen LogP contribution in [0.4, 0.5) is 17.6 Å². The Kier molecular flexibility index (Phi) is 24.2. The molecule has 0 saturated carbocycles. The first-order valence-corrected chi connectivity index (χ1v) is 27.2. The first kappa shape index (κ1) is 64.4. The third-order valence-corrected chi connectivity index (χ3v) is 13.0. The maximum absolute atomic E-state index is 13.9. The predicted molar refractivity (Wildman–Crippen MR) is 311 cm³/mol. The lowest BCUT2D eigenvalue weighted by Crippen LogP contribution is -2.09. The quantitative estimate of drug-likeness (QED) is 0.0677. The highest BCUT2D eigenvalue weighted by atomic mass is 35.5. The fraction of sp³-hybridized carbons (Fsp3) is 0.281. The number of carbonyl (C=O) groups excluding carboxylic acids is 4. The van der Waals surface area contributed by atoms with Gasteiger partial charge in [-0.2, -0.15) is 0 Å². The van der Waals surface area contributed by atoms with Crippen LogP contribution in [0.2, 0.25) is 15.1 Å². The number of halogens is 7. The van der Waals surface area contributed by atoms with E-state index in [0.717, 1.165) is 22.4 Å². The number of hydrogen-bond donors (Lipinski definition) is 0. The Labute approximate surface area is 485 Å². The molecule has 3 aromatic carbocycles. The Morgan fingerprint density at radius 1 is 0.420 bits per heavy atom. The number of carbonyl (C=O) groups is 4. The van der Waals surface area contributed by atoms with Crippen LogP contribution in [0.1, 0.15) is 177 Å². The van der Waals surface area contributed by atoms with Crippen molar-refractivity contribution in [2.24, 2.45) is 0 Å². The van der Waals surface area contributed by atoms with Gasteiger partial charge in [-0.3, -0.25) is 44.1 Å². The molecule has 0 aliphatic rings. The van der Waals surface area contributed by atoms with E-state index in [-0.39, 0.29) is 95.0 Å². The number of aromatic nitrogens is 6. The van der Waals surface area contributed by atoms with E-state index in [9.17, 15) is 36.7 Å². The third kappa shape index (κ3) is 19.7. The Balaban J connectivity index is 0.000000198. The molecular formula is C64H63Cl3F4N6O4. The summed E-state index contributed by atoms with van der Waals surface area (Å²) in [6.07, 6.45) is 8.20. The predicted octanol–water partition coefficient (Wildman–Crippen LogP) is 16.4. The molecule has 0 unspecified atom stereocenters. The standard InChI is InChI=1S/C17H18FNO.C16H16ClFN2O.C16H15ClFNO.C15H14ClFN2O/c1-11(2)14-8-13(5-6-15(14)18)9-17(20)16-7-4-12(3)10-19-16;1-9(2)12-4-11(5-13(17)16(12)18)6-15(21)14-8-19-10(3)7-20-14;1-10(2)13-7-11(3-5-14(13)18)8-16(20)15-6-4-12(17)9-19-15;1-9(2)15-12(17)5-4-11(19-15)7-14(20)13-6-3-10(16)8-18-13/h4-8,10-11H,9H2,1-3H3;4-5,7-9H,6H2,1-3H3;3-7,9-10H,8H2,1-2H3;3-6,8-9H,7H2,1-2H3. The summed E-state index contributed by atoms with van der Waals surface area (Å²) in [6.45, 7) is 18.9. The van der Waals surface area contributed by atoms with Gasteiger partial charge in [0.1, 0.15) is 46.0 Å². The topological polar surface area (TPSA) is 146 Å². The first-order valence-electron chi connectivity index (χ1n) is 26.1. The molecule has 0 atom stereocenters. The van der Waals surface area contributed by atoms with E-state index in [0.29, 0.717) is 66.5 Å². The van der Waals surface area contributed by atoms with Crippen molar-refractivity contribution in [2.75, 3.05) is 0 Å². The summed E-state index contributed by atoms with van der Waals surface area (Å²) in [7, 11) is 0. The molecule has 0 aliphatic carbocycles. The first-order chi connectivity index (χ1) is 38.3. The van der Waals surface area contributed by atoms with Gasteiger partial charge in [0, 0.05) is 49.7 Å². The van der Waals surface area contributed by atoms with E-state index in [1.54, 1.807) is 80.0 Å². The highest BCUT2D eigenvalue weighted by Gasteiger charge is 2.18. The van der Waals surface area contributed by atoms with E-state index in [2.05, 4.69) is 29.9 Å². The van der Waals surface area contributed by atoms with E-state index in [4.69, 9.17) is 34.8 Å². The van der Waals surface area contributed by atoms with Crippen molar-refractivity contribution >= 4 is 57.9 Å². The molecule has 0 aliphatic heterocycles. The maximum atomic E-state index is 13.9. The van der Waals surface area contributed by atoms with Gasteiger partial charge < -0.3 is 0 Å². The number of nitrogens with zero attached hydrogens (tertiary/aromatic N) is 6. The Bertz CT molecular complexity index is 3180. The molecule has 0 fully saturated rings. The van der Waals surface area contributed by atoms with Crippen molar-refractivity contribution in [3.63, 3.8) is 0 Å². The van der Waals surface area contributed by atoms with Crippen LogP contribution in [0, 0.1) is 37.1 Å². The summed E-state index contributed by atoms with van der Waals surface area (Å²) in [5.41, 5.74) is 8.19. The lowest BCUT2D eigenvalue weighted by molar-refractivity contribution is 0.0979. The zero-order valence-corrected chi connectivity index (χ0v) is 49.0. The Morgan fingerprint density at radius 3 is 1.28 bits per heavy atom. The van der Waals surface area contributed by atoms with Crippen molar-refractivity contribution in [2.45, 2.75) is 119 Å². The van der Waals surface area contributed by atoms with Gasteiger partial charge in [0.25, 0.3) is 0 Å². The number of pyridine rings is 4. The lowest BCUT2D eigenvalue weighted by Gasteiger charge is -2.11. The molecule has 81 heavy (non-hydrogen) atoms. The number of rotatable bonds is 16. The number of ketones is 4. The Hall–Kier alpha value is -7.39. The molecule has 8 rings (SSSR count). The maximum Gasteiger partial charge on any atom is 0.187 e. The number of aryl methyl sites for hydroxylation is 2. The summed E-state index contributed by atoms with van der Waals surface area (Å²) >= 11 is 17.4. The van der Waals surface area contributed by atoms with Crippen LogP contribution in [0.25, 0.3) is 0 Å². The molecule has 5 aromatic heterocycles. The minimum Gasteiger partial charge on any atom is -0.292 e. The Morgan fingerprint density at radius 2 is 0.852 bits per heavy atom. The van der Waals surface area contributed by atoms with Crippen LogP contribution in [0.5, 0.6) is 0 Å². The summed E-state index contributed by atoms with van der Waals surface area (Å²) in [6, 6.07) is 25.7. The van der Waals surface area contributed by atoms with Crippen LogP contribution in [-0.2, 0) is 25.7 Å². The van der Waals surface area contributed by atoms with Gasteiger partial charge in [-0.1, -0.05) is 127 Å². The molecule has 0 spiro atoms. The summed E-state index contributed by atoms with van der Waals surface area (Å²) < 4.78 is 54.7. The highest BCUT2D eigenvalue weighted by molar-refractivity contribution is 6.31.